The van der Waals surface area contributed by atoms with Crippen LogP contribution in [0.25, 0.3) is 0 Å². The predicted octanol–water partition coefficient (Wildman–Crippen LogP) is 2.94. The van der Waals surface area contributed by atoms with E-state index in [0.29, 0.717) is 0 Å². The maximum atomic E-state index is 12.1. The minimum Gasteiger partial charge on any atom is -0.312 e. The molecule has 1 aliphatic carbocycles. The van der Waals surface area contributed by atoms with Crippen LogP contribution < -0.4 is 10.6 Å². The molecule has 2 N–H and O–H groups in total. The van der Waals surface area contributed by atoms with Gasteiger partial charge in [0.25, 0.3) is 0 Å². The summed E-state index contributed by atoms with van der Waals surface area (Å²) in [5.41, 5.74) is 0.987. The topological polar surface area (TPSA) is 54.0 Å². The van der Waals surface area contributed by atoms with Crippen LogP contribution in [0.4, 0.5) is 5.13 Å². The van der Waals surface area contributed by atoms with Crippen molar-refractivity contribution in [3.8, 4) is 0 Å². The number of carbonyl (C=O) groups excluding carboxylic acids is 1. The molecule has 0 saturated heterocycles. The third-order valence-electron chi connectivity index (χ3n) is 3.60. The van der Waals surface area contributed by atoms with E-state index in [1.165, 1.54) is 30.6 Å². The lowest BCUT2D eigenvalue weighted by Gasteiger charge is -2.19. The molecule has 1 fully saturated rings. The van der Waals surface area contributed by atoms with Crippen molar-refractivity contribution in [3.05, 3.63) is 11.1 Å². The molecule has 1 amide bonds. The van der Waals surface area contributed by atoms with Crippen molar-refractivity contribution in [1.29, 1.82) is 0 Å². The number of nitrogens with zero attached hydrogens (tertiary/aromatic N) is 1. The second-order valence-corrected chi connectivity index (χ2v) is 5.77. The molecule has 0 radical (unpaired) electrons. The van der Waals surface area contributed by atoms with Crippen molar-refractivity contribution in [1.82, 2.24) is 10.3 Å². The first-order chi connectivity index (χ1) is 8.70. The second kappa shape index (κ2) is 6.29. The summed E-state index contributed by atoms with van der Waals surface area (Å²) >= 11 is 1.50. The van der Waals surface area contributed by atoms with Crippen LogP contribution >= 0.6 is 11.3 Å². The van der Waals surface area contributed by atoms with E-state index in [0.717, 1.165) is 23.7 Å². The highest BCUT2D eigenvalue weighted by Gasteiger charge is 2.22. The van der Waals surface area contributed by atoms with Gasteiger partial charge in [-0.2, -0.15) is 0 Å². The number of anilines is 1. The lowest BCUT2D eigenvalue weighted by molar-refractivity contribution is -0.120. The van der Waals surface area contributed by atoms with Crippen LogP contribution in [0.5, 0.6) is 0 Å². The minimum atomic E-state index is 0.146. The van der Waals surface area contributed by atoms with Crippen molar-refractivity contribution >= 4 is 22.4 Å². The third-order valence-corrected chi connectivity index (χ3v) is 4.38. The zero-order chi connectivity index (χ0) is 13.0. The first-order valence-electron chi connectivity index (χ1n) is 6.64. The van der Waals surface area contributed by atoms with Crippen LogP contribution in [0, 0.1) is 5.92 Å². The van der Waals surface area contributed by atoms with Gasteiger partial charge in [-0.1, -0.05) is 19.3 Å². The summed E-state index contributed by atoms with van der Waals surface area (Å²) in [7, 11) is 1.91. The van der Waals surface area contributed by atoms with Crippen LogP contribution in [0.3, 0.4) is 0 Å². The Balaban J connectivity index is 1.92. The van der Waals surface area contributed by atoms with E-state index in [1.54, 1.807) is 0 Å². The molecule has 0 spiro atoms. The SMILES string of the molecule is CNC(C)c1csc(NC(=O)C2CCCCC2)n1. The van der Waals surface area contributed by atoms with Gasteiger partial charge in [0.1, 0.15) is 0 Å². The predicted molar refractivity (Wildman–Crippen MR) is 74.8 cm³/mol. The molecule has 2 rings (SSSR count). The summed E-state index contributed by atoms with van der Waals surface area (Å²) < 4.78 is 0. The van der Waals surface area contributed by atoms with E-state index >= 15 is 0 Å². The summed E-state index contributed by atoms with van der Waals surface area (Å²) in [6.45, 7) is 2.06. The molecular weight excluding hydrogens is 246 g/mol. The van der Waals surface area contributed by atoms with Gasteiger partial charge < -0.3 is 10.6 Å². The van der Waals surface area contributed by atoms with E-state index in [9.17, 15) is 4.79 Å². The Hall–Kier alpha value is -0.940. The summed E-state index contributed by atoms with van der Waals surface area (Å²) in [5.74, 6) is 0.334. The summed E-state index contributed by atoms with van der Waals surface area (Å²) in [6.07, 6.45) is 5.68. The van der Waals surface area contributed by atoms with E-state index in [4.69, 9.17) is 0 Å². The molecule has 100 valence electrons. The smallest absolute Gasteiger partial charge is 0.229 e. The van der Waals surface area contributed by atoms with Gasteiger partial charge in [0.15, 0.2) is 5.13 Å². The molecule has 18 heavy (non-hydrogen) atoms. The first kappa shape index (κ1) is 13.5. The fourth-order valence-electron chi connectivity index (χ4n) is 2.26. The van der Waals surface area contributed by atoms with Crippen LogP contribution in [-0.2, 0) is 4.79 Å². The van der Waals surface area contributed by atoms with Crippen molar-refractivity contribution in [2.45, 2.75) is 45.1 Å². The lowest BCUT2D eigenvalue weighted by atomic mass is 9.89. The number of carbonyl (C=O) groups is 1. The Bertz CT molecular complexity index is 399. The van der Waals surface area contributed by atoms with Crippen LogP contribution in [-0.4, -0.2) is 17.9 Å². The van der Waals surface area contributed by atoms with E-state index in [1.807, 2.05) is 12.4 Å². The summed E-state index contributed by atoms with van der Waals surface area (Å²) in [5, 5.41) is 8.82. The number of hydrogen-bond donors (Lipinski definition) is 2. The van der Waals surface area contributed by atoms with Crippen LogP contribution in [0.15, 0.2) is 5.38 Å². The molecule has 1 atom stereocenters. The Morgan fingerprint density at radius 2 is 2.17 bits per heavy atom. The lowest BCUT2D eigenvalue weighted by Crippen LogP contribution is -2.24. The first-order valence-corrected chi connectivity index (χ1v) is 7.52. The highest BCUT2D eigenvalue weighted by Crippen LogP contribution is 2.26. The van der Waals surface area contributed by atoms with Crippen molar-refractivity contribution in [3.63, 3.8) is 0 Å². The van der Waals surface area contributed by atoms with Gasteiger partial charge in [-0.3, -0.25) is 4.79 Å². The van der Waals surface area contributed by atoms with Gasteiger partial charge in [-0.25, -0.2) is 4.98 Å². The highest BCUT2D eigenvalue weighted by molar-refractivity contribution is 7.13. The van der Waals surface area contributed by atoms with Crippen LogP contribution in [0.2, 0.25) is 0 Å². The number of amides is 1. The van der Waals surface area contributed by atoms with Gasteiger partial charge in [0.2, 0.25) is 5.91 Å². The van der Waals surface area contributed by atoms with Crippen molar-refractivity contribution in [2.24, 2.45) is 5.92 Å². The zero-order valence-electron chi connectivity index (χ0n) is 11.0. The molecule has 1 heterocycles. The van der Waals surface area contributed by atoms with Gasteiger partial charge in [-0.15, -0.1) is 11.3 Å². The summed E-state index contributed by atoms with van der Waals surface area (Å²) in [4.78, 5) is 16.5. The monoisotopic (exact) mass is 267 g/mol. The minimum absolute atomic E-state index is 0.146. The van der Waals surface area contributed by atoms with E-state index in [-0.39, 0.29) is 17.9 Å². The molecular formula is C13H21N3OS. The van der Waals surface area contributed by atoms with Gasteiger partial charge >= 0.3 is 0 Å². The number of aromatic nitrogens is 1. The van der Waals surface area contributed by atoms with E-state index in [2.05, 4.69) is 22.5 Å². The Morgan fingerprint density at radius 1 is 1.44 bits per heavy atom. The molecule has 0 bridgehead atoms. The normalized spacial score (nSPS) is 18.6. The molecule has 1 unspecified atom stereocenters. The Morgan fingerprint density at radius 3 is 2.83 bits per heavy atom. The molecule has 0 aliphatic heterocycles. The molecule has 5 heteroatoms. The molecule has 1 aromatic heterocycles. The van der Waals surface area contributed by atoms with Gasteiger partial charge in [0, 0.05) is 17.3 Å². The molecule has 4 nitrogen and oxygen atoms in total. The fraction of sp³-hybridized carbons (Fsp3) is 0.692. The standard InChI is InChI=1S/C13H21N3OS/c1-9(14-2)11-8-18-13(15-11)16-12(17)10-6-4-3-5-7-10/h8-10,14H,3-7H2,1-2H3,(H,15,16,17). The zero-order valence-corrected chi connectivity index (χ0v) is 11.8. The largest absolute Gasteiger partial charge is 0.312 e. The number of nitrogens with one attached hydrogen (secondary N) is 2. The molecule has 1 aromatic rings. The fourth-order valence-corrected chi connectivity index (χ4v) is 3.07. The average molecular weight is 267 g/mol. The summed E-state index contributed by atoms with van der Waals surface area (Å²) in [6, 6.07) is 0.224. The van der Waals surface area contributed by atoms with Crippen molar-refractivity contribution < 1.29 is 4.79 Å². The maximum Gasteiger partial charge on any atom is 0.229 e. The van der Waals surface area contributed by atoms with Gasteiger partial charge in [-0.05, 0) is 26.8 Å². The number of hydrogen-bond acceptors (Lipinski definition) is 4. The Kier molecular flexibility index (Phi) is 4.72. The quantitative estimate of drug-likeness (QED) is 0.882. The van der Waals surface area contributed by atoms with Crippen LogP contribution in [0.1, 0.15) is 50.8 Å². The Labute approximate surface area is 112 Å². The number of rotatable bonds is 4. The molecule has 1 aliphatic rings. The van der Waals surface area contributed by atoms with Gasteiger partial charge in [0.05, 0.1) is 5.69 Å². The highest BCUT2D eigenvalue weighted by atomic mass is 32.1. The molecule has 0 aromatic carbocycles. The number of thiazole rings is 1. The van der Waals surface area contributed by atoms with E-state index < -0.39 is 0 Å². The second-order valence-electron chi connectivity index (χ2n) is 4.91. The average Bonchev–Trinajstić information content (AvgIpc) is 2.87. The van der Waals surface area contributed by atoms with Crippen molar-refractivity contribution in [2.75, 3.05) is 12.4 Å². The third kappa shape index (κ3) is 3.29. The molecule has 1 saturated carbocycles. The maximum absolute atomic E-state index is 12.1.